The molecule has 358 valence electrons. The van der Waals surface area contributed by atoms with Crippen molar-refractivity contribution in [1.29, 1.82) is 0 Å². The number of amides is 1. The van der Waals surface area contributed by atoms with E-state index in [1.807, 2.05) is 121 Å². The topological polar surface area (TPSA) is 250 Å². The third kappa shape index (κ3) is 13.4. The van der Waals surface area contributed by atoms with Crippen LogP contribution in [-0.4, -0.2) is 95.6 Å². The molecule has 0 aliphatic carbocycles. The fourth-order valence-corrected chi connectivity index (χ4v) is 7.77. The third-order valence-electron chi connectivity index (χ3n) is 10.5. The molecule has 8 aromatic heterocycles. The lowest BCUT2D eigenvalue weighted by Crippen LogP contribution is -2.35. The molecule has 1 unspecified atom stereocenters. The third-order valence-corrected chi connectivity index (χ3v) is 11.5. The molecule has 0 saturated heterocycles. The second-order valence-electron chi connectivity index (χ2n) is 15.2. The highest BCUT2D eigenvalue weighted by Crippen LogP contribution is 2.25. The summed E-state index contributed by atoms with van der Waals surface area (Å²) in [4.78, 5) is 66.0. The average molecular weight is 983 g/mol. The largest absolute Gasteiger partial charge is 0.464 e. The fraction of sp³-hybridized carbons (Fsp3) is 0.0566. The molecule has 4 aliphatic heterocycles. The number of H-pyrrole nitrogens is 4. The summed E-state index contributed by atoms with van der Waals surface area (Å²) in [6, 6.07) is 38.3. The van der Waals surface area contributed by atoms with E-state index in [2.05, 4.69) is 104 Å². The number of aromatic nitrogens is 13. The van der Waals surface area contributed by atoms with E-state index in [-0.39, 0.29) is 11.2 Å². The van der Waals surface area contributed by atoms with Gasteiger partial charge in [-0.25, -0.2) is 39.9 Å². The van der Waals surface area contributed by atoms with Crippen molar-refractivity contribution in [2.45, 2.75) is 18.2 Å². The normalized spacial score (nSPS) is 13.6. The molecule has 12 heterocycles. The second kappa shape index (κ2) is 25.1. The smallest absolute Gasteiger partial charge is 0.452 e. The van der Waals surface area contributed by atoms with Crippen LogP contribution < -0.4 is 4.68 Å². The molecular weight excluding hydrogens is 939 g/mol. The Balaban J connectivity index is 0.000000103. The Kier molecular flexibility index (Phi) is 16.5. The van der Waals surface area contributed by atoms with Gasteiger partial charge in [0.2, 0.25) is 0 Å². The molecule has 73 heavy (non-hydrogen) atoms. The molecule has 0 fully saturated rings. The predicted octanol–water partition coefficient (Wildman–Crippen LogP) is 9.52. The van der Waals surface area contributed by atoms with Crippen LogP contribution in [0.25, 0.3) is 55.1 Å². The number of nitrogens with zero attached hydrogens (tertiary/aromatic N) is 13. The number of imidazole rings is 2. The first kappa shape index (κ1) is 48.1. The number of carbonyl (C=O) groups excluding carboxylic acids is 1. The number of carbonyl (C=O) groups is 1. The predicted molar refractivity (Wildman–Crippen MR) is 286 cm³/mol. The summed E-state index contributed by atoms with van der Waals surface area (Å²) in [6.45, 7) is 0.753. The minimum atomic E-state index is -0.148. The molecule has 19 nitrogen and oxygen atoms in total. The van der Waals surface area contributed by atoms with Crippen molar-refractivity contribution >= 4 is 109 Å². The van der Waals surface area contributed by atoms with E-state index >= 15 is 0 Å². The van der Waals surface area contributed by atoms with E-state index in [0.29, 0.717) is 11.6 Å². The summed E-state index contributed by atoms with van der Waals surface area (Å²) >= 11 is 1.46. The summed E-state index contributed by atoms with van der Waals surface area (Å²) < 4.78 is 6.85. The number of nitrogens with one attached hydrogen (secondary N) is 4. The number of aromatic amines is 4. The maximum atomic E-state index is 10.9. The van der Waals surface area contributed by atoms with Gasteiger partial charge >= 0.3 is 5.95 Å². The molecule has 0 spiro atoms. The molecule has 4 N–H and O–H groups in total. The van der Waals surface area contributed by atoms with E-state index < -0.39 is 0 Å². The number of hydrogen-bond acceptors (Lipinski definition) is 14. The van der Waals surface area contributed by atoms with Crippen molar-refractivity contribution in [3.8, 4) is 0 Å². The van der Waals surface area contributed by atoms with Gasteiger partial charge in [0.05, 0.1) is 53.7 Å². The standard InChI is InChI=1S/2C8H7N.C8H6O.C7H6N2.C6H5N3.C6H4N2OS.C5H4N4.C5H5N4/c3*1-2-4-8-7(3-1)5-6-9-8;1-2-4-7-6(3-1)8-5-9-7;1-2-8-6-5(1)3-7-4-9-6;9-6-5-4(1-2-10-5)7-3-8-6;1-4-5(8-2-6-1)9-3-7-4;1-2-8-9-4-3-7-5(9)6-1/h1-4,6H,5H2;1-6,9H;1-6H;1-5H,(H,8,9);1-4H,(H,7,8,9);1-3,5H;1-3H,(H,6,7,8,9);1-3H,4H2/q;;;;;;;+1. The first-order valence-corrected chi connectivity index (χ1v) is 23.5. The van der Waals surface area contributed by atoms with E-state index in [9.17, 15) is 4.79 Å². The Morgan fingerprint density at radius 3 is 2.26 bits per heavy atom. The molecule has 12 aromatic rings. The molecule has 1 amide bonds. The van der Waals surface area contributed by atoms with Crippen molar-refractivity contribution in [3.05, 3.63) is 201 Å². The van der Waals surface area contributed by atoms with Crippen LogP contribution in [0, 0.1) is 0 Å². The number of aliphatic imine (C=N–C) groups is 4. The van der Waals surface area contributed by atoms with Gasteiger partial charge in [-0.2, -0.15) is 0 Å². The van der Waals surface area contributed by atoms with Crippen LogP contribution in [0.2, 0.25) is 0 Å². The lowest BCUT2D eigenvalue weighted by Gasteiger charge is -2.06. The van der Waals surface area contributed by atoms with Gasteiger partial charge in [0.1, 0.15) is 59.9 Å². The molecule has 4 aromatic carbocycles. The molecule has 16 rings (SSSR count). The van der Waals surface area contributed by atoms with Crippen LogP contribution in [0.5, 0.6) is 0 Å². The number of fused-ring (bicyclic) bond motifs is 8. The van der Waals surface area contributed by atoms with Gasteiger partial charge < -0.3 is 24.4 Å². The number of para-hydroxylation sites is 5. The van der Waals surface area contributed by atoms with Crippen molar-refractivity contribution in [2.75, 3.05) is 0 Å². The highest BCUT2D eigenvalue weighted by molar-refractivity contribution is 8.04. The van der Waals surface area contributed by atoms with Crippen molar-refractivity contribution in [2.24, 2.45) is 20.0 Å². The zero-order chi connectivity index (χ0) is 49.7. The Hall–Kier alpha value is -9.95. The SMILES string of the molecule is C1=Nc2ccccc2C1.C1=Nc2nccn[n+]2C1.O=C1N=CN=C2C=CSC12.c1ccc2[nH]ccc2c1.c1ccc2[nH]cnc2c1.c1ccc2occc2c1.c1ncc2[nH]cnc2n1.c1ncc2cc[nH]c2n1. The fourth-order valence-electron chi connectivity index (χ4n) is 6.93. The molecule has 1 atom stereocenters. The van der Waals surface area contributed by atoms with Crippen LogP contribution in [-0.2, 0) is 17.8 Å². The van der Waals surface area contributed by atoms with Gasteiger partial charge in [0.15, 0.2) is 5.65 Å². The van der Waals surface area contributed by atoms with Crippen LogP contribution in [0.1, 0.15) is 5.56 Å². The second-order valence-corrected chi connectivity index (χ2v) is 16.3. The van der Waals surface area contributed by atoms with E-state index in [0.717, 1.165) is 62.9 Å². The molecular formula is C53H44N17O2S+. The summed E-state index contributed by atoms with van der Waals surface area (Å²) in [5, 5.41) is 9.20. The number of rotatable bonds is 0. The van der Waals surface area contributed by atoms with Crippen LogP contribution >= 0.6 is 11.8 Å². The first-order valence-electron chi connectivity index (χ1n) is 22.6. The monoisotopic (exact) mass is 982 g/mol. The molecule has 0 radical (unpaired) electrons. The van der Waals surface area contributed by atoms with Crippen LogP contribution in [0.4, 0.5) is 11.6 Å². The van der Waals surface area contributed by atoms with Gasteiger partial charge in [-0.3, -0.25) is 9.79 Å². The van der Waals surface area contributed by atoms with Crippen molar-refractivity contribution < 1.29 is 13.9 Å². The van der Waals surface area contributed by atoms with Crippen molar-refractivity contribution in [3.63, 3.8) is 0 Å². The van der Waals surface area contributed by atoms with Gasteiger partial charge in [-0.1, -0.05) is 76.7 Å². The van der Waals surface area contributed by atoms with Gasteiger partial charge in [0, 0.05) is 47.5 Å². The van der Waals surface area contributed by atoms with Crippen LogP contribution in [0.15, 0.2) is 220 Å². The Morgan fingerprint density at radius 1 is 0.630 bits per heavy atom. The number of furan rings is 1. The lowest BCUT2D eigenvalue weighted by atomic mass is 10.2. The van der Waals surface area contributed by atoms with Gasteiger partial charge in [-0.05, 0) is 71.0 Å². The van der Waals surface area contributed by atoms with E-state index in [4.69, 9.17) is 4.42 Å². The molecule has 4 aliphatic rings. The van der Waals surface area contributed by atoms with Crippen molar-refractivity contribution in [1.82, 2.24) is 59.9 Å². The number of thioether (sulfide) groups is 1. The zero-order valence-corrected chi connectivity index (χ0v) is 39.6. The minimum Gasteiger partial charge on any atom is -0.464 e. The highest BCUT2D eigenvalue weighted by Gasteiger charge is 2.27. The summed E-state index contributed by atoms with van der Waals surface area (Å²) in [5.74, 6) is 0.595. The zero-order valence-electron chi connectivity index (χ0n) is 38.7. The number of hydrogen-bond donors (Lipinski definition) is 4. The van der Waals surface area contributed by atoms with Crippen LogP contribution in [0.3, 0.4) is 0 Å². The van der Waals surface area contributed by atoms with Gasteiger partial charge in [0.25, 0.3) is 5.91 Å². The maximum absolute atomic E-state index is 10.9. The summed E-state index contributed by atoms with van der Waals surface area (Å²) in [5.41, 5.74) is 10.1. The Labute approximate surface area is 420 Å². The summed E-state index contributed by atoms with van der Waals surface area (Å²) in [6.07, 6.45) is 26.4. The van der Waals surface area contributed by atoms with Gasteiger partial charge in [-0.15, -0.1) is 21.5 Å². The highest BCUT2D eigenvalue weighted by atomic mass is 32.2. The Morgan fingerprint density at radius 2 is 1.41 bits per heavy atom. The minimum absolute atomic E-state index is 0.0972. The molecule has 0 bridgehead atoms. The molecule has 20 heteroatoms. The van der Waals surface area contributed by atoms with E-state index in [1.54, 1.807) is 54.6 Å². The number of allylic oxidation sites excluding steroid dienone is 1. The lowest BCUT2D eigenvalue weighted by molar-refractivity contribution is -0.725. The number of benzene rings is 4. The molecule has 0 saturated carbocycles. The maximum Gasteiger partial charge on any atom is 0.452 e. The summed E-state index contributed by atoms with van der Waals surface area (Å²) in [7, 11) is 0. The first-order chi connectivity index (χ1) is 36.1. The average Bonchev–Trinajstić information content (AvgIpc) is 4.31. The quantitative estimate of drug-likeness (QED) is 0.104. The Bertz CT molecular complexity index is 3240. The van der Waals surface area contributed by atoms with E-state index in [1.165, 1.54) is 47.2 Å².